The van der Waals surface area contributed by atoms with E-state index in [4.69, 9.17) is 19.2 Å². The summed E-state index contributed by atoms with van der Waals surface area (Å²) in [7, 11) is 0. The number of thiophene rings is 1. The van der Waals surface area contributed by atoms with Crippen molar-refractivity contribution in [1.82, 2.24) is 9.97 Å². The lowest BCUT2D eigenvalue weighted by molar-refractivity contribution is 0.218. The van der Waals surface area contributed by atoms with Gasteiger partial charge in [-0.3, -0.25) is 4.79 Å². The van der Waals surface area contributed by atoms with Gasteiger partial charge in [0.25, 0.3) is 5.56 Å². The van der Waals surface area contributed by atoms with Crippen molar-refractivity contribution in [2.24, 2.45) is 11.3 Å². The second-order valence-electron chi connectivity index (χ2n) is 10.9. The molecule has 0 radical (unpaired) electrons. The number of aromatic nitrogens is 2. The first-order valence-corrected chi connectivity index (χ1v) is 14.3. The summed E-state index contributed by atoms with van der Waals surface area (Å²) < 4.78 is 17.6. The van der Waals surface area contributed by atoms with E-state index in [1.165, 1.54) is 10.4 Å². The van der Waals surface area contributed by atoms with Crippen molar-refractivity contribution in [3.63, 3.8) is 0 Å². The number of hydrogen-bond donors (Lipinski definition) is 1. The highest BCUT2D eigenvalue weighted by Gasteiger charge is 2.31. The van der Waals surface area contributed by atoms with Gasteiger partial charge >= 0.3 is 0 Å². The molecule has 1 N–H and O–H groups in total. The number of H-pyrrole nitrogens is 1. The number of para-hydroxylation sites is 1. The molecular formula is C31H36N2O4S. The van der Waals surface area contributed by atoms with E-state index >= 15 is 0 Å². The Bertz CT molecular complexity index is 1450. The number of benzene rings is 2. The van der Waals surface area contributed by atoms with Crippen molar-refractivity contribution in [1.29, 1.82) is 0 Å². The number of nitrogens with zero attached hydrogens (tertiary/aromatic N) is 1. The molecular weight excluding hydrogens is 496 g/mol. The molecule has 200 valence electrons. The maximum Gasteiger partial charge on any atom is 0.260 e. The van der Waals surface area contributed by atoms with E-state index in [0.29, 0.717) is 43.1 Å². The maximum absolute atomic E-state index is 13.2. The number of aromatic amines is 1. The lowest BCUT2D eigenvalue weighted by Crippen LogP contribution is -2.26. The predicted octanol–water partition coefficient (Wildman–Crippen LogP) is 7.05. The molecule has 0 aliphatic heterocycles. The summed E-state index contributed by atoms with van der Waals surface area (Å²) in [6.45, 7) is 10.4. The highest BCUT2D eigenvalue weighted by molar-refractivity contribution is 7.18. The topological polar surface area (TPSA) is 73.4 Å². The van der Waals surface area contributed by atoms with Gasteiger partial charge in [-0.1, -0.05) is 39.0 Å². The Hall–Kier alpha value is -3.32. The Kier molecular flexibility index (Phi) is 7.75. The molecule has 2 aromatic heterocycles. The van der Waals surface area contributed by atoms with Crippen LogP contribution in [0.25, 0.3) is 21.6 Å². The standard InChI is InChI=1S/C31H36N2O4S/c1-5-35-25-18-20(12-15-24(25)37-17-9-16-36-22-10-7-6-8-11-22)28-32-29(34)27-23-14-13-21(31(2,3)4)19-26(23)38-30(27)33-28/h6-8,10-12,15,18,21H,5,9,13-14,16-17,19H2,1-4H3,(H,32,33,34). The van der Waals surface area contributed by atoms with Gasteiger partial charge in [-0.2, -0.15) is 0 Å². The number of nitrogens with one attached hydrogen (secondary N) is 1. The first kappa shape index (κ1) is 26.3. The van der Waals surface area contributed by atoms with Crippen molar-refractivity contribution in [3.8, 4) is 28.6 Å². The monoisotopic (exact) mass is 532 g/mol. The molecule has 0 saturated heterocycles. The molecule has 0 fully saturated rings. The van der Waals surface area contributed by atoms with Crippen molar-refractivity contribution in [2.45, 2.75) is 53.4 Å². The molecule has 38 heavy (non-hydrogen) atoms. The zero-order chi connectivity index (χ0) is 26.7. The quantitative estimate of drug-likeness (QED) is 0.234. The number of aryl methyl sites for hydroxylation is 1. The minimum Gasteiger partial charge on any atom is -0.493 e. The van der Waals surface area contributed by atoms with Gasteiger partial charge in [0.15, 0.2) is 11.5 Å². The van der Waals surface area contributed by atoms with Crippen LogP contribution in [-0.4, -0.2) is 29.8 Å². The average molecular weight is 533 g/mol. The molecule has 0 spiro atoms. The van der Waals surface area contributed by atoms with Crippen LogP contribution < -0.4 is 19.8 Å². The highest BCUT2D eigenvalue weighted by atomic mass is 32.1. The molecule has 2 aromatic carbocycles. The van der Waals surface area contributed by atoms with E-state index in [1.54, 1.807) is 11.3 Å². The SMILES string of the molecule is CCOc1cc(-c2nc3sc4c(c3c(=O)[nH]2)CCC(C(C)(C)C)C4)ccc1OCCCOc1ccccc1. The van der Waals surface area contributed by atoms with Crippen LogP contribution in [0.15, 0.2) is 53.3 Å². The van der Waals surface area contributed by atoms with E-state index in [-0.39, 0.29) is 11.0 Å². The Balaban J connectivity index is 1.32. The second-order valence-corrected chi connectivity index (χ2v) is 11.9. The van der Waals surface area contributed by atoms with Crippen LogP contribution in [-0.2, 0) is 12.8 Å². The van der Waals surface area contributed by atoms with Crippen molar-refractivity contribution >= 4 is 21.6 Å². The highest BCUT2D eigenvalue weighted by Crippen LogP contribution is 2.42. The first-order chi connectivity index (χ1) is 18.3. The molecule has 5 rings (SSSR count). The van der Waals surface area contributed by atoms with Gasteiger partial charge in [0.05, 0.1) is 25.2 Å². The average Bonchev–Trinajstić information content (AvgIpc) is 3.28. The molecule has 1 aliphatic carbocycles. The molecule has 7 heteroatoms. The maximum atomic E-state index is 13.2. The van der Waals surface area contributed by atoms with Gasteiger partial charge in [-0.05, 0) is 73.4 Å². The summed E-state index contributed by atoms with van der Waals surface area (Å²) >= 11 is 1.68. The summed E-state index contributed by atoms with van der Waals surface area (Å²) in [5, 5.41) is 0.767. The smallest absolute Gasteiger partial charge is 0.260 e. The lowest BCUT2D eigenvalue weighted by atomic mass is 9.72. The van der Waals surface area contributed by atoms with Gasteiger partial charge < -0.3 is 19.2 Å². The molecule has 6 nitrogen and oxygen atoms in total. The Labute approximate surface area is 228 Å². The zero-order valence-corrected chi connectivity index (χ0v) is 23.5. The first-order valence-electron chi connectivity index (χ1n) is 13.5. The van der Waals surface area contributed by atoms with E-state index in [9.17, 15) is 4.79 Å². The number of rotatable bonds is 9. The zero-order valence-electron chi connectivity index (χ0n) is 22.6. The molecule has 1 unspecified atom stereocenters. The van der Waals surface area contributed by atoms with E-state index < -0.39 is 0 Å². The number of fused-ring (bicyclic) bond motifs is 3. The fourth-order valence-electron chi connectivity index (χ4n) is 5.05. The third-order valence-corrected chi connectivity index (χ3v) is 8.37. The Morgan fingerprint density at radius 3 is 2.58 bits per heavy atom. The largest absolute Gasteiger partial charge is 0.493 e. The minimum atomic E-state index is -0.0617. The van der Waals surface area contributed by atoms with E-state index in [1.807, 2.05) is 55.5 Å². The third kappa shape index (κ3) is 5.73. The Morgan fingerprint density at radius 2 is 1.82 bits per heavy atom. The van der Waals surface area contributed by atoms with E-state index in [0.717, 1.165) is 47.2 Å². The van der Waals surface area contributed by atoms with Crippen LogP contribution in [0.2, 0.25) is 0 Å². The summed E-state index contributed by atoms with van der Waals surface area (Å²) in [6.07, 6.45) is 3.82. The van der Waals surface area contributed by atoms with E-state index in [2.05, 4.69) is 25.8 Å². The van der Waals surface area contributed by atoms with Crippen LogP contribution in [0.3, 0.4) is 0 Å². The van der Waals surface area contributed by atoms with Gasteiger partial charge in [0.1, 0.15) is 16.4 Å². The molecule has 4 aromatic rings. The molecule has 0 amide bonds. The fraction of sp³-hybridized carbons (Fsp3) is 0.419. The van der Waals surface area contributed by atoms with Gasteiger partial charge in [0, 0.05) is 16.9 Å². The van der Waals surface area contributed by atoms with Gasteiger partial charge in [-0.25, -0.2) is 4.98 Å². The van der Waals surface area contributed by atoms with Crippen LogP contribution in [0.4, 0.5) is 0 Å². The lowest BCUT2D eigenvalue weighted by Gasteiger charge is -2.33. The molecule has 0 saturated carbocycles. The normalized spacial score (nSPS) is 15.3. The molecule has 1 aliphatic rings. The summed E-state index contributed by atoms with van der Waals surface area (Å²) in [5.74, 6) is 3.32. The summed E-state index contributed by atoms with van der Waals surface area (Å²) in [6, 6.07) is 15.5. The van der Waals surface area contributed by atoms with Crippen molar-refractivity contribution < 1.29 is 14.2 Å². The van der Waals surface area contributed by atoms with Gasteiger partial charge in [-0.15, -0.1) is 11.3 Å². The van der Waals surface area contributed by atoms with Crippen molar-refractivity contribution in [3.05, 3.63) is 69.3 Å². The number of ether oxygens (including phenoxy) is 3. The minimum absolute atomic E-state index is 0.0617. The van der Waals surface area contributed by atoms with Crippen LogP contribution in [0.1, 0.15) is 51.0 Å². The second kappa shape index (κ2) is 11.2. The number of hydrogen-bond acceptors (Lipinski definition) is 6. The van der Waals surface area contributed by atoms with Crippen LogP contribution in [0, 0.1) is 11.3 Å². The Morgan fingerprint density at radius 1 is 1.03 bits per heavy atom. The van der Waals surface area contributed by atoms with Crippen LogP contribution in [0.5, 0.6) is 17.2 Å². The third-order valence-electron chi connectivity index (χ3n) is 7.22. The van der Waals surface area contributed by atoms with Crippen LogP contribution >= 0.6 is 11.3 Å². The predicted molar refractivity (Wildman–Crippen MR) is 154 cm³/mol. The fourth-order valence-corrected chi connectivity index (χ4v) is 6.35. The molecule has 1 atom stereocenters. The summed E-state index contributed by atoms with van der Waals surface area (Å²) in [4.78, 5) is 23.3. The molecule has 2 heterocycles. The molecule has 0 bridgehead atoms. The summed E-state index contributed by atoms with van der Waals surface area (Å²) in [5.41, 5.74) is 2.19. The van der Waals surface area contributed by atoms with Crippen molar-refractivity contribution in [2.75, 3.05) is 19.8 Å². The van der Waals surface area contributed by atoms with Gasteiger partial charge in [0.2, 0.25) is 0 Å².